The average Bonchev–Trinajstić information content (AvgIpc) is 2.51. The van der Waals surface area contributed by atoms with Crippen molar-refractivity contribution in [3.05, 3.63) is 29.8 Å². The molecule has 7 nitrogen and oxygen atoms in total. The summed E-state index contributed by atoms with van der Waals surface area (Å²) in [4.78, 5) is 37.4. The smallest absolute Gasteiger partial charge is 0.407 e. The lowest BCUT2D eigenvalue weighted by Gasteiger charge is -2.21. The molecule has 0 saturated heterocycles. The van der Waals surface area contributed by atoms with Crippen LogP contribution in [0, 0.1) is 5.92 Å². The summed E-state index contributed by atoms with van der Waals surface area (Å²) >= 11 is 0. The van der Waals surface area contributed by atoms with E-state index in [2.05, 4.69) is 10.6 Å². The second kappa shape index (κ2) is 8.90. The first-order chi connectivity index (χ1) is 11.3. The van der Waals surface area contributed by atoms with Gasteiger partial charge in [-0.1, -0.05) is 19.9 Å². The van der Waals surface area contributed by atoms with Crippen LogP contribution in [0.3, 0.4) is 0 Å². The Balaban J connectivity index is 2.86. The molecule has 0 spiro atoms. The van der Waals surface area contributed by atoms with Crippen LogP contribution >= 0.6 is 0 Å². The molecule has 1 rings (SSSR count). The third kappa shape index (κ3) is 5.57. The number of alkyl carbamates (subject to hydrolysis) is 1. The monoisotopic (exact) mass is 335 g/mol. The van der Waals surface area contributed by atoms with Crippen molar-refractivity contribution >= 4 is 23.6 Å². The lowest BCUT2D eigenvalue weighted by atomic mass is 10.0. The van der Waals surface area contributed by atoms with E-state index in [9.17, 15) is 14.4 Å². The number of carbonyl (C=O) groups is 3. The molecular weight excluding hydrogens is 310 g/mol. The molecule has 0 fully saturated rings. The normalized spacial score (nSPS) is 11.6. The van der Waals surface area contributed by atoms with Crippen LogP contribution in [0.1, 0.15) is 31.1 Å². The molecule has 0 radical (unpaired) electrons. The average molecular weight is 335 g/mol. The molecule has 3 amide bonds. The van der Waals surface area contributed by atoms with Crippen LogP contribution in [-0.2, 0) is 9.53 Å². The van der Waals surface area contributed by atoms with Crippen molar-refractivity contribution in [2.75, 3.05) is 26.0 Å². The minimum atomic E-state index is -0.739. The lowest BCUT2D eigenvalue weighted by Crippen LogP contribution is -2.47. The zero-order valence-electron chi connectivity index (χ0n) is 14.8. The highest BCUT2D eigenvalue weighted by atomic mass is 16.5. The van der Waals surface area contributed by atoms with Gasteiger partial charge in [-0.25, -0.2) is 4.79 Å². The van der Waals surface area contributed by atoms with E-state index in [1.807, 2.05) is 13.8 Å². The molecule has 24 heavy (non-hydrogen) atoms. The second-order valence-electron chi connectivity index (χ2n) is 5.86. The molecule has 0 bridgehead atoms. The highest BCUT2D eigenvalue weighted by Gasteiger charge is 2.25. The number of amides is 3. The van der Waals surface area contributed by atoms with E-state index in [-0.39, 0.29) is 24.3 Å². The van der Waals surface area contributed by atoms with E-state index in [1.165, 1.54) is 4.90 Å². The summed E-state index contributed by atoms with van der Waals surface area (Å²) in [6, 6.07) is 5.91. The molecule has 0 aromatic heterocycles. The lowest BCUT2D eigenvalue weighted by molar-refractivity contribution is -0.119. The van der Waals surface area contributed by atoms with Crippen molar-refractivity contribution in [3.8, 4) is 0 Å². The number of anilines is 1. The molecule has 7 heteroatoms. The fourth-order valence-corrected chi connectivity index (χ4v) is 2.04. The Hall–Kier alpha value is -2.57. The van der Waals surface area contributed by atoms with Crippen molar-refractivity contribution < 1.29 is 19.1 Å². The Morgan fingerprint density at radius 3 is 2.42 bits per heavy atom. The maximum absolute atomic E-state index is 12.4. The standard InChI is InChI=1S/C17H25N3O4/c1-6-24-17(23)19-14(11(2)3)15(21)18-13-9-7-8-12(10-13)16(22)20(4)5/h7-11,14H,6H2,1-5H3,(H,18,21)(H,19,23)/t14-/m0/s1. The highest BCUT2D eigenvalue weighted by Crippen LogP contribution is 2.14. The van der Waals surface area contributed by atoms with Crippen LogP contribution in [0.25, 0.3) is 0 Å². The van der Waals surface area contributed by atoms with Crippen molar-refractivity contribution in [1.82, 2.24) is 10.2 Å². The van der Waals surface area contributed by atoms with Crippen molar-refractivity contribution in [2.24, 2.45) is 5.92 Å². The van der Waals surface area contributed by atoms with Gasteiger partial charge in [0, 0.05) is 25.3 Å². The van der Waals surface area contributed by atoms with E-state index < -0.39 is 12.1 Å². The molecule has 0 aliphatic carbocycles. The van der Waals surface area contributed by atoms with Gasteiger partial charge in [0.05, 0.1) is 6.61 Å². The largest absolute Gasteiger partial charge is 0.450 e. The topological polar surface area (TPSA) is 87.7 Å². The summed E-state index contributed by atoms with van der Waals surface area (Å²) in [7, 11) is 3.32. The van der Waals surface area contributed by atoms with Crippen molar-refractivity contribution in [2.45, 2.75) is 26.8 Å². The number of rotatable bonds is 6. The summed E-state index contributed by atoms with van der Waals surface area (Å²) in [5.41, 5.74) is 0.959. The van der Waals surface area contributed by atoms with Gasteiger partial charge in [-0.05, 0) is 31.0 Å². The Morgan fingerprint density at radius 1 is 1.21 bits per heavy atom. The predicted molar refractivity (Wildman–Crippen MR) is 91.9 cm³/mol. The van der Waals surface area contributed by atoms with Crippen LogP contribution in [0.2, 0.25) is 0 Å². The fraction of sp³-hybridized carbons (Fsp3) is 0.471. The Labute approximate surface area is 142 Å². The van der Waals surface area contributed by atoms with E-state index >= 15 is 0 Å². The van der Waals surface area contributed by atoms with Gasteiger partial charge in [0.1, 0.15) is 6.04 Å². The van der Waals surface area contributed by atoms with E-state index in [1.54, 1.807) is 45.3 Å². The molecule has 2 N–H and O–H groups in total. The number of hydrogen-bond acceptors (Lipinski definition) is 4. The van der Waals surface area contributed by atoms with Gasteiger partial charge < -0.3 is 20.3 Å². The number of benzene rings is 1. The summed E-state index contributed by atoms with van der Waals surface area (Å²) < 4.78 is 4.82. The van der Waals surface area contributed by atoms with Gasteiger partial charge in [-0.15, -0.1) is 0 Å². The fourth-order valence-electron chi connectivity index (χ4n) is 2.04. The first-order valence-electron chi connectivity index (χ1n) is 7.82. The molecule has 1 aromatic rings. The summed E-state index contributed by atoms with van der Waals surface area (Å²) in [5, 5.41) is 5.27. The van der Waals surface area contributed by atoms with Gasteiger partial charge in [0.25, 0.3) is 5.91 Å². The SMILES string of the molecule is CCOC(=O)N[C@H](C(=O)Nc1cccc(C(=O)N(C)C)c1)C(C)C. The minimum absolute atomic E-state index is 0.124. The molecule has 0 unspecified atom stereocenters. The molecule has 0 aliphatic heterocycles. The summed E-state index contributed by atoms with van der Waals surface area (Å²) in [6.45, 7) is 5.56. The van der Waals surface area contributed by atoms with Crippen LogP contribution in [0.15, 0.2) is 24.3 Å². The molecule has 1 atom stereocenters. The van der Waals surface area contributed by atoms with Crippen LogP contribution in [0.4, 0.5) is 10.5 Å². The maximum Gasteiger partial charge on any atom is 0.407 e. The molecule has 0 aliphatic rings. The van der Waals surface area contributed by atoms with Crippen LogP contribution in [-0.4, -0.2) is 49.6 Å². The summed E-state index contributed by atoms with van der Waals surface area (Å²) in [6.07, 6.45) is -0.636. The van der Waals surface area contributed by atoms with E-state index in [4.69, 9.17) is 4.74 Å². The Kier molecular flexibility index (Phi) is 7.23. The number of nitrogens with one attached hydrogen (secondary N) is 2. The van der Waals surface area contributed by atoms with Crippen LogP contribution in [0.5, 0.6) is 0 Å². The van der Waals surface area contributed by atoms with Gasteiger partial charge in [-0.2, -0.15) is 0 Å². The minimum Gasteiger partial charge on any atom is -0.450 e. The van der Waals surface area contributed by atoms with Gasteiger partial charge in [0.2, 0.25) is 5.91 Å². The van der Waals surface area contributed by atoms with Crippen molar-refractivity contribution in [3.63, 3.8) is 0 Å². The Bertz CT molecular complexity index is 599. The van der Waals surface area contributed by atoms with Crippen LogP contribution < -0.4 is 10.6 Å². The van der Waals surface area contributed by atoms with Crippen molar-refractivity contribution in [1.29, 1.82) is 0 Å². The first-order valence-corrected chi connectivity index (χ1v) is 7.82. The van der Waals surface area contributed by atoms with Gasteiger partial charge in [0.15, 0.2) is 0 Å². The van der Waals surface area contributed by atoms with Gasteiger partial charge >= 0.3 is 6.09 Å². The van der Waals surface area contributed by atoms with Gasteiger partial charge in [-0.3, -0.25) is 9.59 Å². The molecule has 0 heterocycles. The number of carbonyl (C=O) groups excluding carboxylic acids is 3. The van der Waals surface area contributed by atoms with E-state index in [0.717, 1.165) is 0 Å². The second-order valence-corrected chi connectivity index (χ2v) is 5.86. The first kappa shape index (κ1) is 19.5. The van der Waals surface area contributed by atoms with E-state index in [0.29, 0.717) is 11.3 Å². The number of hydrogen-bond donors (Lipinski definition) is 2. The maximum atomic E-state index is 12.4. The highest BCUT2D eigenvalue weighted by molar-refractivity contribution is 5.99. The molecular formula is C17H25N3O4. The third-order valence-electron chi connectivity index (χ3n) is 3.28. The Morgan fingerprint density at radius 2 is 1.88 bits per heavy atom. The molecule has 1 aromatic carbocycles. The number of nitrogens with zero attached hydrogens (tertiary/aromatic N) is 1. The third-order valence-corrected chi connectivity index (χ3v) is 3.28. The molecule has 132 valence electrons. The molecule has 0 saturated carbocycles. The predicted octanol–water partition coefficient (Wildman–Crippen LogP) is 2.10. The zero-order valence-corrected chi connectivity index (χ0v) is 14.8. The number of ether oxygens (including phenoxy) is 1. The zero-order chi connectivity index (χ0) is 18.3. The summed E-state index contributed by atoms with van der Waals surface area (Å²) in [5.74, 6) is -0.648. The quantitative estimate of drug-likeness (QED) is 0.833.